The van der Waals surface area contributed by atoms with E-state index >= 15 is 0 Å². The standard InChI is InChI=1S/C38H43ClN10O4/c1-45(28-9-13-46(14-10-28)32-4-3-12-47-35(21-41-36(32)47)48-15-11-34(50)43-38(48)52)22-24-5-7-29(8-6-24)49-23-26-17-31(33(53-2)18-30(26)44-49)42-37(51)25-16-27(39)20-40-19-25/h3-4,12,16-21,23-24,28-29H,5-11,13-15,22H2,1-2H3,(H,42,51)(H,43,50,52). The van der Waals surface area contributed by atoms with Crippen LogP contribution in [0.15, 0.2) is 61.3 Å². The predicted molar refractivity (Wildman–Crippen MR) is 203 cm³/mol. The Kier molecular flexibility index (Phi) is 9.64. The molecule has 1 aromatic carbocycles. The molecule has 5 aromatic rings. The van der Waals surface area contributed by atoms with Crippen LogP contribution in [0.1, 0.15) is 61.3 Å². The van der Waals surface area contributed by atoms with E-state index in [0.29, 0.717) is 52.4 Å². The fourth-order valence-corrected chi connectivity index (χ4v) is 8.34. The van der Waals surface area contributed by atoms with Crippen molar-refractivity contribution in [3.8, 4) is 5.75 Å². The molecule has 8 rings (SSSR count). The van der Waals surface area contributed by atoms with Crippen molar-refractivity contribution in [3.63, 3.8) is 0 Å². The molecule has 2 aliphatic heterocycles. The maximum atomic E-state index is 12.9. The Balaban J connectivity index is 0.848. The van der Waals surface area contributed by atoms with Crippen LogP contribution >= 0.6 is 11.6 Å². The smallest absolute Gasteiger partial charge is 0.329 e. The van der Waals surface area contributed by atoms with Gasteiger partial charge in [-0.2, -0.15) is 5.10 Å². The van der Waals surface area contributed by atoms with Crippen LogP contribution in [-0.2, 0) is 4.79 Å². The van der Waals surface area contributed by atoms with Crippen LogP contribution < -0.4 is 25.2 Å². The lowest BCUT2D eigenvalue weighted by Gasteiger charge is -2.40. The van der Waals surface area contributed by atoms with Crippen LogP contribution in [-0.4, -0.2) is 93.3 Å². The molecule has 2 saturated heterocycles. The fraction of sp³-hybridized carbons (Fsp3) is 0.421. The second-order valence-corrected chi connectivity index (χ2v) is 14.8. The number of ether oxygens (including phenoxy) is 1. The summed E-state index contributed by atoms with van der Waals surface area (Å²) in [6, 6.07) is 9.89. The van der Waals surface area contributed by atoms with Gasteiger partial charge in [-0.1, -0.05) is 11.6 Å². The molecule has 276 valence electrons. The van der Waals surface area contributed by atoms with E-state index in [4.69, 9.17) is 26.4 Å². The summed E-state index contributed by atoms with van der Waals surface area (Å²) in [5.74, 6) is 1.29. The van der Waals surface area contributed by atoms with Crippen LogP contribution in [0.2, 0.25) is 5.02 Å². The highest BCUT2D eigenvalue weighted by atomic mass is 35.5. The number of urea groups is 1. The summed E-state index contributed by atoms with van der Waals surface area (Å²) in [4.78, 5) is 52.3. The Labute approximate surface area is 312 Å². The highest BCUT2D eigenvalue weighted by Gasteiger charge is 2.30. The van der Waals surface area contributed by atoms with E-state index in [0.717, 1.165) is 80.4 Å². The van der Waals surface area contributed by atoms with Gasteiger partial charge in [0, 0.05) is 74.9 Å². The van der Waals surface area contributed by atoms with Gasteiger partial charge in [-0.15, -0.1) is 0 Å². The lowest BCUT2D eigenvalue weighted by Crippen LogP contribution is -2.50. The van der Waals surface area contributed by atoms with Crippen LogP contribution in [0.25, 0.3) is 16.6 Å². The molecule has 4 amide bonds. The number of amides is 4. The number of methoxy groups -OCH3 is 1. The lowest BCUT2D eigenvalue weighted by atomic mass is 9.85. The predicted octanol–water partition coefficient (Wildman–Crippen LogP) is 5.77. The summed E-state index contributed by atoms with van der Waals surface area (Å²) < 4.78 is 9.64. The van der Waals surface area contributed by atoms with Gasteiger partial charge in [-0.25, -0.2) is 9.78 Å². The molecule has 15 heteroatoms. The number of carbonyl (C=O) groups is 3. The topological polar surface area (TPSA) is 142 Å². The second kappa shape index (κ2) is 14.7. The van der Waals surface area contributed by atoms with Crippen molar-refractivity contribution in [2.45, 2.75) is 57.0 Å². The number of rotatable bonds is 9. The molecule has 0 atom stereocenters. The quantitative estimate of drug-likeness (QED) is 0.193. The minimum atomic E-state index is -0.409. The first-order chi connectivity index (χ1) is 25.7. The second-order valence-electron chi connectivity index (χ2n) is 14.4. The highest BCUT2D eigenvalue weighted by molar-refractivity contribution is 6.30. The van der Waals surface area contributed by atoms with Crippen molar-refractivity contribution in [1.82, 2.24) is 34.4 Å². The molecule has 3 aliphatic rings. The third kappa shape index (κ3) is 7.12. The Morgan fingerprint density at radius 2 is 1.87 bits per heavy atom. The number of piperidine rings is 1. The Hall–Kier alpha value is -5.21. The van der Waals surface area contributed by atoms with Crippen LogP contribution in [0.5, 0.6) is 5.75 Å². The van der Waals surface area contributed by atoms with Gasteiger partial charge in [-0.05, 0) is 75.8 Å². The summed E-state index contributed by atoms with van der Waals surface area (Å²) in [5, 5.41) is 11.6. The van der Waals surface area contributed by atoms with Gasteiger partial charge in [0.05, 0.1) is 46.8 Å². The maximum Gasteiger partial charge on any atom is 0.329 e. The van der Waals surface area contributed by atoms with Gasteiger partial charge < -0.3 is 19.9 Å². The van der Waals surface area contributed by atoms with E-state index in [1.165, 1.54) is 12.4 Å². The number of carbonyl (C=O) groups excluding carboxylic acids is 3. The average Bonchev–Trinajstić information content (AvgIpc) is 3.79. The highest BCUT2D eigenvalue weighted by Crippen LogP contribution is 2.36. The minimum absolute atomic E-state index is 0.250. The van der Waals surface area contributed by atoms with Gasteiger partial charge in [-0.3, -0.25) is 33.9 Å². The van der Waals surface area contributed by atoms with Gasteiger partial charge >= 0.3 is 6.03 Å². The number of imidazole rings is 1. The van der Waals surface area contributed by atoms with Gasteiger partial charge in [0.25, 0.3) is 5.91 Å². The summed E-state index contributed by atoms with van der Waals surface area (Å²) in [6.45, 7) is 3.29. The Bertz CT molecular complexity index is 2170. The molecule has 0 unspecified atom stereocenters. The molecule has 14 nitrogen and oxygen atoms in total. The number of aromatic nitrogens is 5. The van der Waals surface area contributed by atoms with E-state index in [2.05, 4.69) is 49.4 Å². The summed E-state index contributed by atoms with van der Waals surface area (Å²) in [6.07, 6.45) is 15.5. The van der Waals surface area contributed by atoms with Crippen LogP contribution in [0.3, 0.4) is 0 Å². The number of halogens is 1. The van der Waals surface area contributed by atoms with Gasteiger partial charge in [0.2, 0.25) is 5.91 Å². The number of imide groups is 1. The first-order valence-electron chi connectivity index (χ1n) is 18.3. The number of nitrogens with zero attached hydrogens (tertiary/aromatic N) is 8. The first kappa shape index (κ1) is 34.9. The number of hydrogen-bond acceptors (Lipinski definition) is 9. The number of benzene rings is 1. The molecule has 53 heavy (non-hydrogen) atoms. The SMILES string of the molecule is COc1cc2nn(C3CCC(CN(C)C4CCN(c5cccn6c(N7CCC(=O)NC7=O)cnc56)CC4)CC3)cc2cc1NC(=O)c1cncc(Cl)c1. The third-order valence-electron chi connectivity index (χ3n) is 11.0. The molecule has 3 fully saturated rings. The molecular weight excluding hydrogens is 696 g/mol. The van der Waals surface area contributed by atoms with E-state index in [-0.39, 0.29) is 18.2 Å². The zero-order chi connectivity index (χ0) is 36.6. The van der Waals surface area contributed by atoms with Gasteiger partial charge in [0.1, 0.15) is 11.6 Å². The van der Waals surface area contributed by atoms with Crippen molar-refractivity contribution in [3.05, 3.63) is 71.9 Å². The molecule has 0 bridgehead atoms. The molecule has 0 spiro atoms. The Morgan fingerprint density at radius 1 is 1.06 bits per heavy atom. The Morgan fingerprint density at radius 3 is 2.62 bits per heavy atom. The molecule has 4 aromatic heterocycles. The first-order valence-corrected chi connectivity index (χ1v) is 18.6. The zero-order valence-corrected chi connectivity index (χ0v) is 30.6. The van der Waals surface area contributed by atoms with E-state index < -0.39 is 6.03 Å². The number of nitrogens with one attached hydrogen (secondary N) is 2. The molecular formula is C38H43ClN10O4. The van der Waals surface area contributed by atoms with Crippen molar-refractivity contribution >= 4 is 63.2 Å². The van der Waals surface area contributed by atoms with E-state index in [9.17, 15) is 14.4 Å². The fourth-order valence-electron chi connectivity index (χ4n) is 8.16. The van der Waals surface area contributed by atoms with Crippen molar-refractivity contribution in [2.75, 3.05) is 55.5 Å². The van der Waals surface area contributed by atoms with Crippen molar-refractivity contribution < 1.29 is 19.1 Å². The zero-order valence-electron chi connectivity index (χ0n) is 29.9. The minimum Gasteiger partial charge on any atom is -0.494 e. The van der Waals surface area contributed by atoms with Crippen LogP contribution in [0.4, 0.5) is 22.0 Å². The number of anilines is 3. The average molecular weight is 739 g/mol. The molecule has 2 N–H and O–H groups in total. The maximum absolute atomic E-state index is 12.9. The largest absolute Gasteiger partial charge is 0.494 e. The van der Waals surface area contributed by atoms with Crippen molar-refractivity contribution in [2.24, 2.45) is 5.92 Å². The summed E-state index contributed by atoms with van der Waals surface area (Å²) >= 11 is 6.04. The van der Waals surface area contributed by atoms with E-state index in [1.54, 1.807) is 24.3 Å². The summed E-state index contributed by atoms with van der Waals surface area (Å²) in [7, 11) is 3.86. The number of hydrogen-bond donors (Lipinski definition) is 2. The molecule has 0 radical (unpaired) electrons. The normalized spacial score (nSPS) is 20.0. The molecule has 1 saturated carbocycles. The lowest BCUT2D eigenvalue weighted by molar-refractivity contribution is -0.120. The van der Waals surface area contributed by atoms with Gasteiger partial charge in [0.15, 0.2) is 5.65 Å². The summed E-state index contributed by atoms with van der Waals surface area (Å²) in [5.41, 5.74) is 3.65. The van der Waals surface area contributed by atoms with Crippen molar-refractivity contribution in [1.29, 1.82) is 0 Å². The monoisotopic (exact) mass is 738 g/mol. The van der Waals surface area contributed by atoms with Crippen LogP contribution in [0, 0.1) is 5.92 Å². The number of pyridine rings is 2. The number of fused-ring (bicyclic) bond motifs is 2. The molecule has 6 heterocycles. The third-order valence-corrected chi connectivity index (χ3v) is 11.3. The molecule has 1 aliphatic carbocycles. The van der Waals surface area contributed by atoms with E-state index in [1.807, 2.05) is 28.8 Å².